The molecule has 1 saturated heterocycles. The highest BCUT2D eigenvalue weighted by Gasteiger charge is 2.37. The van der Waals surface area contributed by atoms with E-state index in [9.17, 15) is 19.5 Å². The fourth-order valence-corrected chi connectivity index (χ4v) is 4.69. The summed E-state index contributed by atoms with van der Waals surface area (Å²) in [5, 5.41) is 14.7. The minimum Gasteiger partial charge on any atom is -0.480 e. The van der Waals surface area contributed by atoms with Gasteiger partial charge in [-0.1, -0.05) is 68.3 Å². The molecule has 8 heteroatoms. The number of aliphatic carboxylic acids is 1. The lowest BCUT2D eigenvalue weighted by atomic mass is 9.98. The van der Waals surface area contributed by atoms with Gasteiger partial charge in [0.15, 0.2) is 0 Å². The summed E-state index contributed by atoms with van der Waals surface area (Å²) in [6.45, 7) is 2.40. The van der Waals surface area contributed by atoms with Gasteiger partial charge >= 0.3 is 12.1 Å². The van der Waals surface area contributed by atoms with Crippen LogP contribution in [-0.2, 0) is 19.1 Å². The summed E-state index contributed by atoms with van der Waals surface area (Å²) in [5.41, 5.74) is 4.52. The van der Waals surface area contributed by atoms with Crippen LogP contribution in [0.1, 0.15) is 43.2 Å². The second kappa shape index (κ2) is 10.7. The van der Waals surface area contributed by atoms with E-state index in [2.05, 4.69) is 22.8 Å². The van der Waals surface area contributed by atoms with E-state index in [1.165, 1.54) is 0 Å². The summed E-state index contributed by atoms with van der Waals surface area (Å²) in [6.07, 6.45) is 1.25. The standard InChI is InChI=1S/C26H30N2O6/c1-2-3-12-22(25(30)31)27-24(29)21-13-33-15-23(21)28-26(32)34-14-20-18-10-6-4-8-16(18)17-9-5-7-11-19(17)20/h4-11,20-23H,2-3,12-15H2,1H3,(H,27,29)(H,28,32)(H,30,31). The van der Waals surface area contributed by atoms with Crippen molar-refractivity contribution in [3.8, 4) is 11.1 Å². The molecule has 3 unspecified atom stereocenters. The number of nitrogens with one attached hydrogen (secondary N) is 2. The minimum absolute atomic E-state index is 0.0630. The largest absolute Gasteiger partial charge is 0.480 e. The second-order valence-corrected chi connectivity index (χ2v) is 8.76. The van der Waals surface area contributed by atoms with Crippen LogP contribution in [0.2, 0.25) is 0 Å². The molecule has 180 valence electrons. The molecule has 3 N–H and O–H groups in total. The van der Waals surface area contributed by atoms with Gasteiger partial charge in [0, 0.05) is 5.92 Å². The van der Waals surface area contributed by atoms with Crippen LogP contribution >= 0.6 is 0 Å². The van der Waals surface area contributed by atoms with E-state index >= 15 is 0 Å². The number of carboxylic acids is 1. The highest BCUT2D eigenvalue weighted by molar-refractivity contribution is 5.86. The summed E-state index contributed by atoms with van der Waals surface area (Å²) in [4.78, 5) is 36.8. The first kappa shape index (κ1) is 23.8. The van der Waals surface area contributed by atoms with Crippen LogP contribution in [0.5, 0.6) is 0 Å². The first-order valence-electron chi connectivity index (χ1n) is 11.7. The van der Waals surface area contributed by atoms with Crippen LogP contribution in [-0.4, -0.2) is 55.0 Å². The quantitative estimate of drug-likeness (QED) is 0.523. The lowest BCUT2D eigenvalue weighted by molar-refractivity contribution is -0.142. The molecule has 4 rings (SSSR count). The number of carbonyl (C=O) groups excluding carboxylic acids is 2. The van der Waals surface area contributed by atoms with E-state index in [-0.39, 0.29) is 25.7 Å². The van der Waals surface area contributed by atoms with Gasteiger partial charge in [-0.15, -0.1) is 0 Å². The first-order chi connectivity index (χ1) is 16.5. The van der Waals surface area contributed by atoms with Gasteiger partial charge in [0.2, 0.25) is 5.91 Å². The Morgan fingerprint density at radius 1 is 1.06 bits per heavy atom. The van der Waals surface area contributed by atoms with Crippen LogP contribution in [0.3, 0.4) is 0 Å². The molecule has 0 bridgehead atoms. The topological polar surface area (TPSA) is 114 Å². The van der Waals surface area contributed by atoms with E-state index < -0.39 is 36.0 Å². The number of carboxylic acid groups (broad SMARTS) is 1. The number of carbonyl (C=O) groups is 3. The van der Waals surface area contributed by atoms with Crippen molar-refractivity contribution in [2.45, 2.75) is 44.2 Å². The summed E-state index contributed by atoms with van der Waals surface area (Å²) in [7, 11) is 0. The Bertz CT molecular complexity index is 1010. The third-order valence-corrected chi connectivity index (χ3v) is 6.53. The monoisotopic (exact) mass is 466 g/mol. The summed E-state index contributed by atoms with van der Waals surface area (Å²) in [5.74, 6) is -2.25. The van der Waals surface area contributed by atoms with Gasteiger partial charge in [-0.2, -0.15) is 0 Å². The van der Waals surface area contributed by atoms with Crippen molar-refractivity contribution in [2.75, 3.05) is 19.8 Å². The van der Waals surface area contributed by atoms with Crippen LogP contribution in [0, 0.1) is 5.92 Å². The number of unbranched alkanes of at least 4 members (excludes halogenated alkanes) is 1. The van der Waals surface area contributed by atoms with E-state index in [0.29, 0.717) is 12.8 Å². The molecule has 34 heavy (non-hydrogen) atoms. The number of alkyl carbamates (subject to hydrolysis) is 1. The number of benzene rings is 2. The Morgan fingerprint density at radius 3 is 2.32 bits per heavy atom. The summed E-state index contributed by atoms with van der Waals surface area (Å²) < 4.78 is 11.0. The average molecular weight is 467 g/mol. The molecule has 3 atom stereocenters. The Labute approximate surface area is 198 Å². The fraction of sp³-hybridized carbons (Fsp3) is 0.423. The predicted molar refractivity (Wildman–Crippen MR) is 125 cm³/mol. The Kier molecular flexibility index (Phi) is 7.47. The molecule has 1 heterocycles. The fourth-order valence-electron chi connectivity index (χ4n) is 4.69. The lowest BCUT2D eigenvalue weighted by Gasteiger charge is -2.22. The number of amides is 2. The highest BCUT2D eigenvalue weighted by Crippen LogP contribution is 2.44. The molecular formula is C26H30N2O6. The van der Waals surface area contributed by atoms with Gasteiger partial charge in [-0.3, -0.25) is 4.79 Å². The van der Waals surface area contributed by atoms with Gasteiger partial charge in [0.05, 0.1) is 25.2 Å². The zero-order chi connectivity index (χ0) is 24.1. The third-order valence-electron chi connectivity index (χ3n) is 6.53. The number of hydrogen-bond acceptors (Lipinski definition) is 5. The van der Waals surface area contributed by atoms with Crippen LogP contribution in [0.25, 0.3) is 11.1 Å². The molecule has 2 amide bonds. The maximum Gasteiger partial charge on any atom is 0.407 e. The molecule has 1 aliphatic heterocycles. The summed E-state index contributed by atoms with van der Waals surface area (Å²) in [6, 6.07) is 14.6. The van der Waals surface area contributed by atoms with Crippen molar-refractivity contribution >= 4 is 18.0 Å². The predicted octanol–water partition coefficient (Wildman–Crippen LogP) is 3.30. The highest BCUT2D eigenvalue weighted by atomic mass is 16.5. The summed E-state index contributed by atoms with van der Waals surface area (Å²) >= 11 is 0. The second-order valence-electron chi connectivity index (χ2n) is 8.76. The van der Waals surface area contributed by atoms with Gasteiger partial charge in [0.25, 0.3) is 0 Å². The molecule has 0 saturated carbocycles. The third kappa shape index (κ3) is 5.07. The maximum atomic E-state index is 12.7. The number of hydrogen-bond donors (Lipinski definition) is 3. The molecule has 2 aliphatic rings. The lowest BCUT2D eigenvalue weighted by Crippen LogP contribution is -2.50. The van der Waals surface area contributed by atoms with Crippen LogP contribution < -0.4 is 10.6 Å². The molecule has 0 radical (unpaired) electrons. The minimum atomic E-state index is -1.07. The van der Waals surface area contributed by atoms with E-state index in [4.69, 9.17) is 9.47 Å². The Morgan fingerprint density at radius 2 is 1.71 bits per heavy atom. The van der Waals surface area contributed by atoms with Gasteiger partial charge in [-0.25, -0.2) is 9.59 Å². The molecule has 1 fully saturated rings. The number of ether oxygens (including phenoxy) is 2. The molecule has 8 nitrogen and oxygen atoms in total. The molecule has 2 aromatic carbocycles. The maximum absolute atomic E-state index is 12.7. The molecule has 0 aromatic heterocycles. The van der Waals surface area contributed by atoms with Crippen molar-refractivity contribution in [3.05, 3.63) is 59.7 Å². The Hall–Kier alpha value is -3.39. The van der Waals surface area contributed by atoms with Crippen molar-refractivity contribution < 1.29 is 29.0 Å². The Balaban J connectivity index is 1.35. The zero-order valence-corrected chi connectivity index (χ0v) is 19.2. The number of rotatable bonds is 9. The van der Waals surface area contributed by atoms with Crippen molar-refractivity contribution in [1.82, 2.24) is 10.6 Å². The normalized spacial score (nSPS) is 19.7. The number of fused-ring (bicyclic) bond motifs is 3. The molecular weight excluding hydrogens is 436 g/mol. The SMILES string of the molecule is CCCCC(NC(=O)C1COCC1NC(=O)OCC1c2ccccc2-c2ccccc21)C(=O)O. The van der Waals surface area contributed by atoms with Crippen molar-refractivity contribution in [2.24, 2.45) is 5.92 Å². The van der Waals surface area contributed by atoms with Gasteiger partial charge < -0.3 is 25.2 Å². The van der Waals surface area contributed by atoms with Crippen LogP contribution in [0.15, 0.2) is 48.5 Å². The van der Waals surface area contributed by atoms with E-state index in [1.807, 2.05) is 43.3 Å². The van der Waals surface area contributed by atoms with E-state index in [1.54, 1.807) is 0 Å². The van der Waals surface area contributed by atoms with Crippen LogP contribution in [0.4, 0.5) is 4.79 Å². The zero-order valence-electron chi connectivity index (χ0n) is 19.2. The van der Waals surface area contributed by atoms with Crippen molar-refractivity contribution in [1.29, 1.82) is 0 Å². The molecule has 2 aromatic rings. The van der Waals surface area contributed by atoms with Crippen molar-refractivity contribution in [3.63, 3.8) is 0 Å². The van der Waals surface area contributed by atoms with E-state index in [0.717, 1.165) is 28.7 Å². The smallest absolute Gasteiger partial charge is 0.407 e. The van der Waals surface area contributed by atoms with Gasteiger partial charge in [0.1, 0.15) is 12.6 Å². The average Bonchev–Trinajstić information content (AvgIpc) is 3.42. The molecule has 1 aliphatic carbocycles. The van der Waals surface area contributed by atoms with Gasteiger partial charge in [-0.05, 0) is 28.7 Å². The first-order valence-corrected chi connectivity index (χ1v) is 11.7. The molecule has 0 spiro atoms.